The predicted molar refractivity (Wildman–Crippen MR) is 70.3 cm³/mol. The van der Waals surface area contributed by atoms with E-state index < -0.39 is 5.97 Å². The summed E-state index contributed by atoms with van der Waals surface area (Å²) >= 11 is 0. The van der Waals surface area contributed by atoms with Gasteiger partial charge in [0.1, 0.15) is 0 Å². The van der Waals surface area contributed by atoms with Gasteiger partial charge >= 0.3 is 5.97 Å². The number of hydrogen-bond donors (Lipinski definition) is 2. The summed E-state index contributed by atoms with van der Waals surface area (Å²) in [7, 11) is 0. The summed E-state index contributed by atoms with van der Waals surface area (Å²) in [5.74, 6) is 0.365. The van der Waals surface area contributed by atoms with Crippen LogP contribution in [0.15, 0.2) is 12.2 Å². The molecule has 0 bridgehead atoms. The van der Waals surface area contributed by atoms with Crippen molar-refractivity contribution in [2.24, 2.45) is 29.6 Å². The highest BCUT2D eigenvalue weighted by atomic mass is 16.4. The lowest BCUT2D eigenvalue weighted by molar-refractivity contribution is -0.142. The van der Waals surface area contributed by atoms with E-state index in [2.05, 4.69) is 24.4 Å². The van der Waals surface area contributed by atoms with Crippen molar-refractivity contribution in [3.8, 4) is 0 Å². The number of nitrogens with one attached hydrogen (secondary N) is 1. The van der Waals surface area contributed by atoms with Gasteiger partial charge in [-0.25, -0.2) is 0 Å². The van der Waals surface area contributed by atoms with Crippen molar-refractivity contribution in [3.05, 3.63) is 12.2 Å². The van der Waals surface area contributed by atoms with Gasteiger partial charge in [0.2, 0.25) is 5.91 Å². The van der Waals surface area contributed by atoms with Crippen LogP contribution in [0.2, 0.25) is 0 Å². The van der Waals surface area contributed by atoms with Crippen LogP contribution in [0.1, 0.15) is 32.6 Å². The van der Waals surface area contributed by atoms with Crippen molar-refractivity contribution in [1.82, 2.24) is 5.32 Å². The minimum atomic E-state index is -0.696. The number of rotatable bonds is 3. The van der Waals surface area contributed by atoms with Crippen LogP contribution in [0, 0.1) is 29.6 Å². The van der Waals surface area contributed by atoms with E-state index in [0.717, 1.165) is 19.3 Å². The van der Waals surface area contributed by atoms with Crippen LogP contribution in [-0.4, -0.2) is 23.0 Å². The minimum Gasteiger partial charge on any atom is -0.481 e. The van der Waals surface area contributed by atoms with Gasteiger partial charge in [0.05, 0.1) is 5.92 Å². The molecule has 4 heteroatoms. The highest BCUT2D eigenvalue weighted by molar-refractivity contribution is 5.80. The molecule has 2 fully saturated rings. The van der Waals surface area contributed by atoms with Crippen LogP contribution in [0.5, 0.6) is 0 Å². The third kappa shape index (κ3) is 2.28. The topological polar surface area (TPSA) is 66.4 Å². The smallest absolute Gasteiger partial charge is 0.306 e. The summed E-state index contributed by atoms with van der Waals surface area (Å²) in [6.45, 7) is 2.11. The molecular formula is C15H21NO3. The zero-order valence-corrected chi connectivity index (χ0v) is 11.2. The van der Waals surface area contributed by atoms with Crippen molar-refractivity contribution in [3.63, 3.8) is 0 Å². The number of aliphatic carboxylic acids is 1. The summed E-state index contributed by atoms with van der Waals surface area (Å²) in [6, 6.07) is 0.0942. The van der Waals surface area contributed by atoms with Gasteiger partial charge in [-0.2, -0.15) is 0 Å². The average molecular weight is 263 g/mol. The lowest BCUT2D eigenvalue weighted by Gasteiger charge is -2.26. The summed E-state index contributed by atoms with van der Waals surface area (Å²) in [6.07, 6.45) is 7.60. The van der Waals surface area contributed by atoms with E-state index >= 15 is 0 Å². The van der Waals surface area contributed by atoms with Gasteiger partial charge in [-0.05, 0) is 43.4 Å². The maximum absolute atomic E-state index is 12.3. The second-order valence-corrected chi connectivity index (χ2v) is 6.39. The molecule has 2 N–H and O–H groups in total. The summed E-state index contributed by atoms with van der Waals surface area (Å²) in [5, 5.41) is 12.3. The quantitative estimate of drug-likeness (QED) is 0.763. The molecule has 3 aliphatic carbocycles. The second-order valence-electron chi connectivity index (χ2n) is 6.39. The molecule has 0 radical (unpaired) electrons. The van der Waals surface area contributed by atoms with Gasteiger partial charge in [0.15, 0.2) is 0 Å². The van der Waals surface area contributed by atoms with Crippen molar-refractivity contribution in [2.75, 3.05) is 0 Å². The van der Waals surface area contributed by atoms with Gasteiger partial charge in [0, 0.05) is 12.0 Å². The number of carboxylic acids is 1. The Morgan fingerprint density at radius 2 is 1.84 bits per heavy atom. The Bertz CT molecular complexity index is 431. The molecule has 0 aromatic rings. The Kier molecular flexibility index (Phi) is 3.11. The van der Waals surface area contributed by atoms with Crippen LogP contribution in [-0.2, 0) is 9.59 Å². The normalized spacial score (nSPS) is 43.6. The summed E-state index contributed by atoms with van der Waals surface area (Å²) in [5.41, 5.74) is 0. The lowest BCUT2D eigenvalue weighted by atomic mass is 9.83. The molecule has 0 aromatic carbocycles. The predicted octanol–water partition coefficient (Wildman–Crippen LogP) is 1.81. The van der Waals surface area contributed by atoms with Crippen LogP contribution < -0.4 is 5.32 Å². The first-order valence-electron chi connectivity index (χ1n) is 7.26. The number of carboxylic acid groups (broad SMARTS) is 1. The largest absolute Gasteiger partial charge is 0.481 e. The molecule has 0 aromatic heterocycles. The first kappa shape index (κ1) is 12.7. The van der Waals surface area contributed by atoms with Crippen LogP contribution in [0.25, 0.3) is 0 Å². The molecule has 0 spiro atoms. The molecule has 4 nitrogen and oxygen atoms in total. The number of carbonyl (C=O) groups excluding carboxylic acids is 1. The van der Waals surface area contributed by atoms with E-state index in [1.54, 1.807) is 0 Å². The van der Waals surface area contributed by atoms with E-state index in [1.165, 1.54) is 0 Å². The number of hydrogen-bond acceptors (Lipinski definition) is 2. The molecule has 0 unspecified atom stereocenters. The lowest BCUT2D eigenvalue weighted by Crippen LogP contribution is -2.42. The molecule has 104 valence electrons. The Labute approximate surface area is 113 Å². The Balaban J connectivity index is 1.59. The summed E-state index contributed by atoms with van der Waals surface area (Å²) in [4.78, 5) is 23.4. The third-order valence-corrected chi connectivity index (χ3v) is 5.17. The van der Waals surface area contributed by atoms with Gasteiger partial charge in [-0.3, -0.25) is 9.59 Å². The minimum absolute atomic E-state index is 0.0612. The molecule has 1 amide bonds. The van der Waals surface area contributed by atoms with E-state index in [4.69, 9.17) is 5.11 Å². The van der Waals surface area contributed by atoms with E-state index in [1.807, 2.05) is 0 Å². The standard InChI is InChI=1S/C15H21NO3/c1-8-4-2-3-5-9(8)14(17)16-13-7-12(15(18)19)10-6-11(10)13/h2-3,8-13H,4-7H2,1H3,(H,16,17)(H,18,19)/t8-,9-,10+,11-,12+,13-/m1/s1. The zero-order valence-electron chi connectivity index (χ0n) is 11.2. The fourth-order valence-electron chi connectivity index (χ4n) is 3.84. The number of allylic oxidation sites excluding steroid dienone is 2. The van der Waals surface area contributed by atoms with Gasteiger partial charge < -0.3 is 10.4 Å². The molecule has 6 atom stereocenters. The highest BCUT2D eigenvalue weighted by Gasteiger charge is 2.57. The van der Waals surface area contributed by atoms with Crippen LogP contribution in [0.4, 0.5) is 0 Å². The fraction of sp³-hybridized carbons (Fsp3) is 0.733. The number of fused-ring (bicyclic) bond motifs is 1. The first-order valence-corrected chi connectivity index (χ1v) is 7.26. The van der Waals surface area contributed by atoms with E-state index in [0.29, 0.717) is 24.2 Å². The van der Waals surface area contributed by atoms with Gasteiger partial charge in [0.25, 0.3) is 0 Å². The maximum Gasteiger partial charge on any atom is 0.306 e. The molecular weight excluding hydrogens is 242 g/mol. The SMILES string of the molecule is C[C@@H]1CC=CC[C@H]1C(=O)N[C@@H]1C[C@H](C(=O)O)[C@H]2C[C@H]21. The molecule has 0 heterocycles. The Hall–Kier alpha value is -1.32. The van der Waals surface area contributed by atoms with E-state index in [-0.39, 0.29) is 23.8 Å². The van der Waals surface area contributed by atoms with Crippen molar-refractivity contribution in [1.29, 1.82) is 0 Å². The molecule has 0 aliphatic heterocycles. The first-order chi connectivity index (χ1) is 9.08. The Morgan fingerprint density at radius 1 is 1.11 bits per heavy atom. The highest BCUT2D eigenvalue weighted by Crippen LogP contribution is 2.55. The van der Waals surface area contributed by atoms with Crippen LogP contribution >= 0.6 is 0 Å². The van der Waals surface area contributed by atoms with Gasteiger partial charge in [-0.15, -0.1) is 0 Å². The van der Waals surface area contributed by atoms with E-state index in [9.17, 15) is 9.59 Å². The van der Waals surface area contributed by atoms with Crippen molar-refractivity contribution < 1.29 is 14.7 Å². The monoisotopic (exact) mass is 263 g/mol. The summed E-state index contributed by atoms with van der Waals surface area (Å²) < 4.78 is 0. The Morgan fingerprint density at radius 3 is 2.47 bits per heavy atom. The van der Waals surface area contributed by atoms with Crippen molar-refractivity contribution in [2.45, 2.75) is 38.6 Å². The molecule has 0 saturated heterocycles. The molecule has 3 rings (SSSR count). The fourth-order valence-corrected chi connectivity index (χ4v) is 3.84. The maximum atomic E-state index is 12.3. The number of carbonyl (C=O) groups is 2. The molecule has 3 aliphatic rings. The third-order valence-electron chi connectivity index (χ3n) is 5.17. The molecule has 2 saturated carbocycles. The van der Waals surface area contributed by atoms with Gasteiger partial charge in [-0.1, -0.05) is 19.1 Å². The zero-order chi connectivity index (χ0) is 13.6. The second kappa shape index (κ2) is 4.66. The van der Waals surface area contributed by atoms with Crippen molar-refractivity contribution >= 4 is 11.9 Å². The van der Waals surface area contributed by atoms with Crippen LogP contribution in [0.3, 0.4) is 0 Å². The molecule has 19 heavy (non-hydrogen) atoms. The average Bonchev–Trinajstić information content (AvgIpc) is 3.07. The number of amides is 1.